The number of methoxy groups -OCH3 is 1. The molecule has 0 unspecified atom stereocenters. The maximum Gasteiger partial charge on any atom is 0.246 e. The average molecular weight is 350 g/mol. The number of benzene rings is 1. The van der Waals surface area contributed by atoms with Gasteiger partial charge in [-0.3, -0.25) is 9.59 Å². The van der Waals surface area contributed by atoms with Crippen LogP contribution in [0.15, 0.2) is 24.4 Å². The van der Waals surface area contributed by atoms with Crippen molar-refractivity contribution in [3.05, 3.63) is 29.4 Å². The summed E-state index contributed by atoms with van der Waals surface area (Å²) in [5.41, 5.74) is 0.549. The molecule has 0 atom stereocenters. The SMILES string of the molecule is COc1ccc(NC(=O)Cn2cc(NC(=O)C3CC3)nn2)cc1Cl. The van der Waals surface area contributed by atoms with E-state index in [4.69, 9.17) is 16.3 Å². The van der Waals surface area contributed by atoms with Crippen LogP contribution in [0.3, 0.4) is 0 Å². The number of ether oxygens (including phenoxy) is 1. The first-order valence-electron chi connectivity index (χ1n) is 7.39. The van der Waals surface area contributed by atoms with Crippen molar-refractivity contribution in [3.8, 4) is 5.75 Å². The Morgan fingerprint density at radius 1 is 1.38 bits per heavy atom. The van der Waals surface area contributed by atoms with Crippen molar-refractivity contribution in [2.24, 2.45) is 5.92 Å². The van der Waals surface area contributed by atoms with E-state index in [1.807, 2.05) is 0 Å². The molecule has 0 bridgehead atoms. The Morgan fingerprint density at radius 3 is 2.83 bits per heavy atom. The summed E-state index contributed by atoms with van der Waals surface area (Å²) < 4.78 is 6.40. The van der Waals surface area contributed by atoms with Crippen molar-refractivity contribution < 1.29 is 14.3 Å². The van der Waals surface area contributed by atoms with Gasteiger partial charge in [-0.25, -0.2) is 4.68 Å². The largest absolute Gasteiger partial charge is 0.495 e. The average Bonchev–Trinajstić information content (AvgIpc) is 3.30. The predicted molar refractivity (Wildman–Crippen MR) is 88.0 cm³/mol. The quantitative estimate of drug-likeness (QED) is 0.830. The maximum absolute atomic E-state index is 12.0. The van der Waals surface area contributed by atoms with E-state index in [0.29, 0.717) is 22.3 Å². The molecule has 1 aliphatic rings. The van der Waals surface area contributed by atoms with Gasteiger partial charge in [-0.15, -0.1) is 5.10 Å². The standard InChI is InChI=1S/C15H16ClN5O3/c1-24-12-5-4-10(6-11(12)16)17-14(22)8-21-7-13(19-20-21)18-15(23)9-2-3-9/h4-7,9H,2-3,8H2,1H3,(H,17,22)(H,18,23). The number of halogens is 1. The highest BCUT2D eigenvalue weighted by molar-refractivity contribution is 6.32. The summed E-state index contributed by atoms with van der Waals surface area (Å²) >= 11 is 6.01. The van der Waals surface area contributed by atoms with Crippen molar-refractivity contribution in [3.63, 3.8) is 0 Å². The number of amides is 2. The third-order valence-corrected chi connectivity index (χ3v) is 3.77. The molecule has 1 aromatic heterocycles. The molecule has 0 saturated heterocycles. The smallest absolute Gasteiger partial charge is 0.246 e. The van der Waals surface area contributed by atoms with E-state index in [9.17, 15) is 9.59 Å². The minimum atomic E-state index is -0.291. The van der Waals surface area contributed by atoms with Crippen LogP contribution in [0.1, 0.15) is 12.8 Å². The molecular weight excluding hydrogens is 334 g/mol. The third kappa shape index (κ3) is 4.02. The number of carbonyl (C=O) groups excluding carboxylic acids is 2. The van der Waals surface area contributed by atoms with Crippen LogP contribution in [-0.2, 0) is 16.1 Å². The summed E-state index contributed by atoms with van der Waals surface area (Å²) in [5.74, 6) is 0.605. The molecule has 1 aromatic carbocycles. The molecule has 9 heteroatoms. The number of rotatable bonds is 6. The molecule has 2 aromatic rings. The molecule has 8 nitrogen and oxygen atoms in total. The first-order chi connectivity index (χ1) is 11.5. The number of aromatic nitrogens is 3. The van der Waals surface area contributed by atoms with E-state index in [1.54, 1.807) is 18.2 Å². The zero-order chi connectivity index (χ0) is 17.1. The summed E-state index contributed by atoms with van der Waals surface area (Å²) in [4.78, 5) is 23.7. The molecule has 0 radical (unpaired) electrons. The second kappa shape index (κ2) is 6.88. The van der Waals surface area contributed by atoms with Gasteiger partial charge in [-0.1, -0.05) is 16.8 Å². The summed E-state index contributed by atoms with van der Waals surface area (Å²) in [6, 6.07) is 4.95. The van der Waals surface area contributed by atoms with E-state index in [2.05, 4.69) is 20.9 Å². The van der Waals surface area contributed by atoms with Gasteiger partial charge in [0, 0.05) is 11.6 Å². The highest BCUT2D eigenvalue weighted by atomic mass is 35.5. The molecule has 2 N–H and O–H groups in total. The first-order valence-corrected chi connectivity index (χ1v) is 7.77. The lowest BCUT2D eigenvalue weighted by atomic mass is 10.3. The molecule has 0 aliphatic heterocycles. The van der Waals surface area contributed by atoms with Crippen molar-refractivity contribution >= 4 is 34.9 Å². The Labute approximate surface area is 143 Å². The molecule has 1 fully saturated rings. The molecule has 3 rings (SSSR count). The fourth-order valence-electron chi connectivity index (χ4n) is 2.10. The maximum atomic E-state index is 12.0. The predicted octanol–water partition coefficient (Wildman–Crippen LogP) is 1.93. The van der Waals surface area contributed by atoms with Gasteiger partial charge in [0.05, 0.1) is 18.3 Å². The van der Waals surface area contributed by atoms with E-state index in [-0.39, 0.29) is 24.3 Å². The molecule has 24 heavy (non-hydrogen) atoms. The molecule has 2 amide bonds. The second-order valence-corrected chi connectivity index (χ2v) is 5.87. The van der Waals surface area contributed by atoms with Crippen molar-refractivity contribution in [1.82, 2.24) is 15.0 Å². The molecular formula is C15H16ClN5O3. The van der Waals surface area contributed by atoms with Gasteiger partial charge < -0.3 is 15.4 Å². The van der Waals surface area contributed by atoms with Gasteiger partial charge in [0.25, 0.3) is 0 Å². The van der Waals surface area contributed by atoms with Gasteiger partial charge in [0.2, 0.25) is 11.8 Å². The van der Waals surface area contributed by atoms with Crippen LogP contribution >= 0.6 is 11.6 Å². The minimum Gasteiger partial charge on any atom is -0.495 e. The number of nitrogens with zero attached hydrogens (tertiary/aromatic N) is 3. The van der Waals surface area contributed by atoms with Gasteiger partial charge in [0.15, 0.2) is 5.82 Å². The van der Waals surface area contributed by atoms with Crippen LogP contribution in [0.2, 0.25) is 5.02 Å². The summed E-state index contributed by atoms with van der Waals surface area (Å²) in [6.07, 6.45) is 3.33. The van der Waals surface area contributed by atoms with Gasteiger partial charge >= 0.3 is 0 Å². The highest BCUT2D eigenvalue weighted by Gasteiger charge is 2.30. The van der Waals surface area contributed by atoms with Crippen LogP contribution < -0.4 is 15.4 Å². The molecule has 1 heterocycles. The monoisotopic (exact) mass is 349 g/mol. The van der Waals surface area contributed by atoms with Gasteiger partial charge in [0.1, 0.15) is 12.3 Å². The molecule has 126 valence electrons. The number of hydrogen-bond acceptors (Lipinski definition) is 5. The van der Waals surface area contributed by atoms with Crippen molar-refractivity contribution in [2.45, 2.75) is 19.4 Å². The molecule has 1 saturated carbocycles. The lowest BCUT2D eigenvalue weighted by Gasteiger charge is -2.07. The minimum absolute atomic E-state index is 0.0318. The topological polar surface area (TPSA) is 98.1 Å². The number of carbonyl (C=O) groups is 2. The second-order valence-electron chi connectivity index (χ2n) is 5.46. The zero-order valence-corrected chi connectivity index (χ0v) is 13.7. The summed E-state index contributed by atoms with van der Waals surface area (Å²) in [5, 5.41) is 13.4. The Morgan fingerprint density at radius 2 is 2.17 bits per heavy atom. The lowest BCUT2D eigenvalue weighted by molar-refractivity contribution is -0.117. The Bertz CT molecular complexity index is 772. The number of nitrogens with one attached hydrogen (secondary N) is 2. The summed E-state index contributed by atoms with van der Waals surface area (Å²) in [6.45, 7) is -0.0318. The van der Waals surface area contributed by atoms with E-state index in [1.165, 1.54) is 18.0 Å². The fraction of sp³-hybridized carbons (Fsp3) is 0.333. The number of hydrogen-bond donors (Lipinski definition) is 2. The Balaban J connectivity index is 1.55. The highest BCUT2D eigenvalue weighted by Crippen LogP contribution is 2.30. The zero-order valence-electron chi connectivity index (χ0n) is 13.0. The number of anilines is 2. The van der Waals surface area contributed by atoms with Gasteiger partial charge in [-0.05, 0) is 31.0 Å². The van der Waals surface area contributed by atoms with Crippen molar-refractivity contribution in [1.29, 1.82) is 0 Å². The van der Waals surface area contributed by atoms with Crippen LogP contribution in [-0.4, -0.2) is 33.9 Å². The van der Waals surface area contributed by atoms with Crippen molar-refractivity contribution in [2.75, 3.05) is 17.7 Å². The summed E-state index contributed by atoms with van der Waals surface area (Å²) in [7, 11) is 1.52. The van der Waals surface area contributed by atoms with Crippen LogP contribution in [0.5, 0.6) is 5.75 Å². The van der Waals surface area contributed by atoms with E-state index >= 15 is 0 Å². The molecule has 1 aliphatic carbocycles. The van der Waals surface area contributed by atoms with Crippen LogP contribution in [0.4, 0.5) is 11.5 Å². The lowest BCUT2D eigenvalue weighted by Crippen LogP contribution is -2.19. The Kier molecular flexibility index (Phi) is 4.66. The van der Waals surface area contributed by atoms with E-state index < -0.39 is 0 Å². The molecule has 0 spiro atoms. The van der Waals surface area contributed by atoms with E-state index in [0.717, 1.165) is 12.8 Å². The first kappa shape index (κ1) is 16.3. The third-order valence-electron chi connectivity index (χ3n) is 3.48. The Hall–Kier alpha value is -2.61. The van der Waals surface area contributed by atoms with Crippen LogP contribution in [0, 0.1) is 5.92 Å². The normalized spacial score (nSPS) is 13.4. The van der Waals surface area contributed by atoms with Crippen LogP contribution in [0.25, 0.3) is 0 Å². The fourth-order valence-corrected chi connectivity index (χ4v) is 2.36. The van der Waals surface area contributed by atoms with Gasteiger partial charge in [-0.2, -0.15) is 0 Å².